The normalized spacial score (nSPS) is 13.7. The van der Waals surface area contributed by atoms with Crippen LogP contribution in [-0.4, -0.2) is 23.4 Å². The molecular weight excluding hydrogens is 326 g/mol. The molecule has 0 radical (unpaired) electrons. The number of benzene rings is 2. The fraction of sp³-hybridized carbons (Fsp3) is 0.273. The first-order valence-corrected chi connectivity index (χ1v) is 8.92. The van der Waals surface area contributed by atoms with Gasteiger partial charge in [-0.25, -0.2) is 4.79 Å². The average molecular weight is 347 g/mol. The van der Waals surface area contributed by atoms with Crippen molar-refractivity contribution >= 4 is 22.7 Å². The van der Waals surface area contributed by atoms with E-state index in [1.807, 2.05) is 24.3 Å². The van der Waals surface area contributed by atoms with Gasteiger partial charge in [0.25, 0.3) is 0 Å². The second-order valence-electron chi connectivity index (χ2n) is 6.80. The molecule has 0 amide bonds. The van der Waals surface area contributed by atoms with E-state index in [0.29, 0.717) is 24.1 Å². The fourth-order valence-electron chi connectivity index (χ4n) is 3.97. The molecule has 1 aliphatic rings. The SMILES string of the molecule is COC(=O)c1cccc2c1c1c(n2Cc2ccccc2C)CCCC1=O. The zero-order valence-electron chi connectivity index (χ0n) is 15.0. The molecule has 4 heteroatoms. The van der Waals surface area contributed by atoms with Gasteiger partial charge in [0.2, 0.25) is 0 Å². The maximum absolute atomic E-state index is 12.7. The van der Waals surface area contributed by atoms with Gasteiger partial charge in [-0.3, -0.25) is 4.79 Å². The number of hydrogen-bond acceptors (Lipinski definition) is 3. The minimum Gasteiger partial charge on any atom is -0.465 e. The molecule has 0 spiro atoms. The molecule has 0 saturated carbocycles. The lowest BCUT2D eigenvalue weighted by Gasteiger charge is -2.16. The van der Waals surface area contributed by atoms with E-state index in [1.165, 1.54) is 18.2 Å². The number of aryl methyl sites for hydroxylation is 1. The van der Waals surface area contributed by atoms with Crippen molar-refractivity contribution in [2.45, 2.75) is 32.7 Å². The summed E-state index contributed by atoms with van der Waals surface area (Å²) < 4.78 is 7.16. The van der Waals surface area contributed by atoms with E-state index in [-0.39, 0.29) is 5.78 Å². The third-order valence-electron chi connectivity index (χ3n) is 5.29. The number of fused-ring (bicyclic) bond motifs is 3. The minimum absolute atomic E-state index is 0.121. The van der Waals surface area contributed by atoms with E-state index in [1.54, 1.807) is 6.07 Å². The van der Waals surface area contributed by atoms with Gasteiger partial charge in [0.15, 0.2) is 5.78 Å². The van der Waals surface area contributed by atoms with Gasteiger partial charge in [0.1, 0.15) is 0 Å². The molecule has 0 N–H and O–H groups in total. The Labute approximate surface area is 152 Å². The Hall–Kier alpha value is -2.88. The van der Waals surface area contributed by atoms with Gasteiger partial charge in [-0.2, -0.15) is 0 Å². The lowest BCUT2D eigenvalue weighted by Crippen LogP contribution is -2.14. The standard InChI is InChI=1S/C22H21NO3/c1-14-7-3-4-8-15(14)13-23-17-10-5-9-16(22(25)26-2)20(17)21-18(23)11-6-12-19(21)24/h3-5,7-10H,6,11-13H2,1-2H3. The van der Waals surface area contributed by atoms with Crippen molar-refractivity contribution in [1.29, 1.82) is 0 Å². The monoisotopic (exact) mass is 347 g/mol. The summed E-state index contributed by atoms with van der Waals surface area (Å²) in [5.74, 6) is -0.277. The van der Waals surface area contributed by atoms with E-state index in [4.69, 9.17) is 4.74 Å². The Bertz CT molecular complexity index is 1030. The van der Waals surface area contributed by atoms with Crippen molar-refractivity contribution in [3.63, 3.8) is 0 Å². The largest absolute Gasteiger partial charge is 0.465 e. The summed E-state index contributed by atoms with van der Waals surface area (Å²) in [6.07, 6.45) is 2.23. The van der Waals surface area contributed by atoms with Crippen LogP contribution in [0.2, 0.25) is 0 Å². The summed E-state index contributed by atoms with van der Waals surface area (Å²) >= 11 is 0. The van der Waals surface area contributed by atoms with Gasteiger partial charge < -0.3 is 9.30 Å². The van der Waals surface area contributed by atoms with E-state index >= 15 is 0 Å². The van der Waals surface area contributed by atoms with Crippen LogP contribution in [0.5, 0.6) is 0 Å². The summed E-state index contributed by atoms with van der Waals surface area (Å²) in [4.78, 5) is 25.0. The predicted octanol–water partition coefficient (Wildman–Crippen LogP) is 4.30. The van der Waals surface area contributed by atoms with E-state index < -0.39 is 5.97 Å². The number of rotatable bonds is 3. The number of nitrogens with zero attached hydrogens (tertiary/aromatic N) is 1. The fourth-order valence-corrected chi connectivity index (χ4v) is 3.97. The number of esters is 1. The predicted molar refractivity (Wildman–Crippen MR) is 101 cm³/mol. The number of carbonyl (C=O) groups excluding carboxylic acids is 2. The van der Waals surface area contributed by atoms with Gasteiger partial charge in [0.05, 0.1) is 18.2 Å². The molecule has 1 aromatic heterocycles. The third-order valence-corrected chi connectivity index (χ3v) is 5.29. The smallest absolute Gasteiger partial charge is 0.338 e. The number of ether oxygens (including phenoxy) is 1. The van der Waals surface area contributed by atoms with Crippen LogP contribution in [0.25, 0.3) is 10.9 Å². The zero-order chi connectivity index (χ0) is 18.3. The van der Waals surface area contributed by atoms with Crippen molar-refractivity contribution in [2.75, 3.05) is 7.11 Å². The summed E-state index contributed by atoms with van der Waals surface area (Å²) in [6, 6.07) is 13.9. The first-order valence-electron chi connectivity index (χ1n) is 8.92. The first kappa shape index (κ1) is 16.6. The van der Waals surface area contributed by atoms with Gasteiger partial charge in [-0.15, -0.1) is 0 Å². The number of methoxy groups -OCH3 is 1. The van der Waals surface area contributed by atoms with Crippen LogP contribution < -0.4 is 0 Å². The van der Waals surface area contributed by atoms with Gasteiger partial charge in [0, 0.05) is 29.6 Å². The van der Waals surface area contributed by atoms with E-state index in [9.17, 15) is 9.59 Å². The molecule has 0 atom stereocenters. The van der Waals surface area contributed by atoms with E-state index in [2.05, 4.69) is 23.6 Å². The number of carbonyl (C=O) groups is 2. The second-order valence-corrected chi connectivity index (χ2v) is 6.80. The molecule has 4 nitrogen and oxygen atoms in total. The highest BCUT2D eigenvalue weighted by atomic mass is 16.5. The maximum Gasteiger partial charge on any atom is 0.338 e. The van der Waals surface area contributed by atoms with Crippen LogP contribution in [0.4, 0.5) is 0 Å². The molecule has 0 bridgehead atoms. The number of Topliss-reactive ketones (excluding diaryl/α,β-unsaturated/α-hetero) is 1. The number of hydrogen-bond donors (Lipinski definition) is 0. The molecule has 0 unspecified atom stereocenters. The summed E-state index contributed by atoms with van der Waals surface area (Å²) in [7, 11) is 1.37. The molecule has 26 heavy (non-hydrogen) atoms. The lowest BCUT2D eigenvalue weighted by atomic mass is 9.92. The zero-order valence-corrected chi connectivity index (χ0v) is 15.0. The van der Waals surface area contributed by atoms with E-state index in [0.717, 1.165) is 29.4 Å². The first-order chi connectivity index (χ1) is 12.6. The van der Waals surface area contributed by atoms with Gasteiger partial charge >= 0.3 is 5.97 Å². The Kier molecular flexibility index (Phi) is 4.11. The van der Waals surface area contributed by atoms with Crippen LogP contribution >= 0.6 is 0 Å². The molecule has 2 aromatic carbocycles. The molecule has 4 rings (SSSR count). The third kappa shape index (κ3) is 2.53. The molecule has 0 fully saturated rings. The second kappa shape index (κ2) is 6.45. The molecule has 0 aliphatic heterocycles. The van der Waals surface area contributed by atoms with Crippen molar-refractivity contribution < 1.29 is 14.3 Å². The molecule has 0 saturated heterocycles. The molecule has 3 aromatic rings. The summed E-state index contributed by atoms with van der Waals surface area (Å²) in [5, 5.41) is 0.743. The van der Waals surface area contributed by atoms with Crippen LogP contribution in [0, 0.1) is 6.92 Å². The highest BCUT2D eigenvalue weighted by Gasteiger charge is 2.29. The number of ketones is 1. The van der Waals surface area contributed by atoms with Crippen molar-refractivity contribution in [2.24, 2.45) is 0 Å². The topological polar surface area (TPSA) is 48.3 Å². The average Bonchev–Trinajstić information content (AvgIpc) is 2.98. The minimum atomic E-state index is -0.398. The van der Waals surface area contributed by atoms with Crippen LogP contribution in [0.3, 0.4) is 0 Å². The van der Waals surface area contributed by atoms with Gasteiger partial charge in [-0.05, 0) is 43.0 Å². The van der Waals surface area contributed by atoms with Gasteiger partial charge in [-0.1, -0.05) is 30.3 Å². The summed E-state index contributed by atoms with van der Waals surface area (Å²) in [5.41, 5.74) is 5.58. The van der Waals surface area contributed by atoms with Crippen LogP contribution in [-0.2, 0) is 17.7 Å². The van der Waals surface area contributed by atoms with Crippen molar-refractivity contribution in [3.8, 4) is 0 Å². The Morgan fingerprint density at radius 2 is 1.92 bits per heavy atom. The highest BCUT2D eigenvalue weighted by molar-refractivity contribution is 6.16. The number of aromatic nitrogens is 1. The Morgan fingerprint density at radius 1 is 1.12 bits per heavy atom. The lowest BCUT2D eigenvalue weighted by molar-refractivity contribution is 0.0603. The molecule has 132 valence electrons. The van der Waals surface area contributed by atoms with Crippen molar-refractivity contribution in [1.82, 2.24) is 4.57 Å². The molecule has 1 heterocycles. The highest BCUT2D eigenvalue weighted by Crippen LogP contribution is 2.35. The summed E-state index contributed by atoms with van der Waals surface area (Å²) in [6.45, 7) is 2.79. The maximum atomic E-state index is 12.7. The molecular formula is C22H21NO3. The Balaban J connectivity index is 2.00. The van der Waals surface area contributed by atoms with Crippen LogP contribution in [0.15, 0.2) is 42.5 Å². The molecule has 1 aliphatic carbocycles. The Morgan fingerprint density at radius 3 is 2.69 bits per heavy atom. The van der Waals surface area contributed by atoms with Crippen molar-refractivity contribution in [3.05, 3.63) is 70.4 Å². The van der Waals surface area contributed by atoms with Crippen LogP contribution in [0.1, 0.15) is 50.4 Å². The quantitative estimate of drug-likeness (QED) is 0.664.